The highest BCUT2D eigenvalue weighted by Gasteiger charge is 2.21. The van der Waals surface area contributed by atoms with E-state index in [0.717, 1.165) is 90.9 Å². The molecule has 190 valence electrons. The highest BCUT2D eigenvalue weighted by molar-refractivity contribution is 5.83. The van der Waals surface area contributed by atoms with E-state index in [1.165, 1.54) is 11.1 Å². The summed E-state index contributed by atoms with van der Waals surface area (Å²) in [6, 6.07) is 13.4. The van der Waals surface area contributed by atoms with Gasteiger partial charge in [-0.1, -0.05) is 23.4 Å². The maximum Gasteiger partial charge on any atom is 0.141 e. The van der Waals surface area contributed by atoms with Crippen LogP contribution in [0, 0.1) is 20.8 Å². The lowest BCUT2D eigenvalue weighted by Crippen LogP contribution is -2.44. The van der Waals surface area contributed by atoms with Gasteiger partial charge in [-0.2, -0.15) is 0 Å². The number of hydrogen-bond donors (Lipinski definition) is 0. The van der Waals surface area contributed by atoms with Crippen LogP contribution in [-0.2, 0) is 24.1 Å². The molecule has 1 aliphatic heterocycles. The van der Waals surface area contributed by atoms with E-state index >= 15 is 0 Å². The average Bonchev–Trinajstić information content (AvgIpc) is 3.41. The Morgan fingerprint density at radius 3 is 2.53 bits per heavy atom. The number of aryl methyl sites for hydroxylation is 5. The highest BCUT2D eigenvalue weighted by Crippen LogP contribution is 2.30. The lowest BCUT2D eigenvalue weighted by atomic mass is 10.0. The second kappa shape index (κ2) is 10.4. The van der Waals surface area contributed by atoms with Crippen LogP contribution in [0.4, 0.5) is 0 Å². The van der Waals surface area contributed by atoms with Crippen molar-refractivity contribution in [3.8, 4) is 16.9 Å². The molecule has 2 aromatic carbocycles. The number of ether oxygens (including phenoxy) is 2. The quantitative estimate of drug-likeness (QED) is 0.343. The van der Waals surface area contributed by atoms with E-state index in [2.05, 4.69) is 64.9 Å². The number of imidazole rings is 1. The second-order valence-corrected chi connectivity index (χ2v) is 9.84. The predicted octanol–water partition coefficient (Wildman–Crippen LogP) is 5.13. The molecule has 7 heteroatoms. The third-order valence-corrected chi connectivity index (χ3v) is 7.36. The van der Waals surface area contributed by atoms with Crippen molar-refractivity contribution in [1.82, 2.24) is 19.6 Å². The highest BCUT2D eigenvalue weighted by atomic mass is 16.5. The number of nitrogens with zero attached hydrogens (tertiary/aromatic N) is 4. The van der Waals surface area contributed by atoms with Crippen molar-refractivity contribution in [3.05, 3.63) is 64.8 Å². The Labute approximate surface area is 213 Å². The number of fused-ring (bicyclic) bond motifs is 1. The summed E-state index contributed by atoms with van der Waals surface area (Å²) in [6.07, 6.45) is 1.80. The maximum atomic E-state index is 5.58. The number of benzene rings is 2. The summed E-state index contributed by atoms with van der Waals surface area (Å²) in [6.45, 7) is 12.8. The van der Waals surface area contributed by atoms with E-state index in [1.54, 1.807) is 7.11 Å². The average molecular weight is 489 g/mol. The normalized spacial score (nSPS) is 15.5. The Bertz CT molecular complexity index is 1330. The molecule has 7 nitrogen and oxygen atoms in total. The molecule has 3 heterocycles. The fraction of sp³-hybridized carbons (Fsp3) is 0.448. The molecule has 4 aromatic rings. The van der Waals surface area contributed by atoms with Gasteiger partial charge < -0.3 is 18.6 Å². The Balaban J connectivity index is 1.48. The fourth-order valence-electron chi connectivity index (χ4n) is 5.37. The van der Waals surface area contributed by atoms with Gasteiger partial charge in [0, 0.05) is 37.7 Å². The zero-order valence-corrected chi connectivity index (χ0v) is 22.0. The van der Waals surface area contributed by atoms with Crippen molar-refractivity contribution in [2.24, 2.45) is 0 Å². The molecule has 0 radical (unpaired) electrons. The predicted molar refractivity (Wildman–Crippen MR) is 142 cm³/mol. The van der Waals surface area contributed by atoms with Crippen LogP contribution in [0.2, 0.25) is 0 Å². The van der Waals surface area contributed by atoms with Crippen LogP contribution >= 0.6 is 0 Å². The van der Waals surface area contributed by atoms with Crippen LogP contribution in [-0.4, -0.2) is 59.1 Å². The molecule has 0 amide bonds. The molecule has 1 saturated heterocycles. The summed E-state index contributed by atoms with van der Waals surface area (Å²) >= 11 is 0. The monoisotopic (exact) mass is 488 g/mol. The Kier molecular flexibility index (Phi) is 7.12. The number of hydrogen-bond acceptors (Lipinski definition) is 6. The molecule has 2 aromatic heterocycles. The lowest BCUT2D eigenvalue weighted by Gasteiger charge is -2.32. The molecule has 0 aliphatic carbocycles. The molecule has 1 fully saturated rings. The molecule has 0 N–H and O–H groups in total. The van der Waals surface area contributed by atoms with Gasteiger partial charge in [0.2, 0.25) is 0 Å². The zero-order valence-electron chi connectivity index (χ0n) is 22.0. The van der Waals surface area contributed by atoms with Gasteiger partial charge in [-0.15, -0.1) is 0 Å². The van der Waals surface area contributed by atoms with Gasteiger partial charge in [0.05, 0.1) is 37.1 Å². The SMILES string of the molecule is COc1ccc(CCc2nc3cc(-c4c(C)noc4C)ccc3n2C[C@H](C)N2CCOCC2)cc1C. The van der Waals surface area contributed by atoms with Crippen molar-refractivity contribution in [2.75, 3.05) is 33.4 Å². The molecule has 0 bridgehead atoms. The third-order valence-electron chi connectivity index (χ3n) is 7.36. The Morgan fingerprint density at radius 2 is 1.83 bits per heavy atom. The van der Waals surface area contributed by atoms with Crippen molar-refractivity contribution in [2.45, 2.75) is 53.1 Å². The van der Waals surface area contributed by atoms with Gasteiger partial charge in [0.15, 0.2) is 0 Å². The van der Waals surface area contributed by atoms with Gasteiger partial charge in [-0.25, -0.2) is 4.98 Å². The molecule has 5 rings (SSSR count). The first-order valence-corrected chi connectivity index (χ1v) is 12.8. The first-order chi connectivity index (χ1) is 17.4. The number of aromatic nitrogens is 3. The molecule has 1 atom stereocenters. The topological polar surface area (TPSA) is 65.6 Å². The van der Waals surface area contributed by atoms with Crippen molar-refractivity contribution in [3.63, 3.8) is 0 Å². The maximum absolute atomic E-state index is 5.58. The van der Waals surface area contributed by atoms with Crippen LogP contribution in [0.3, 0.4) is 0 Å². The van der Waals surface area contributed by atoms with E-state index < -0.39 is 0 Å². The van der Waals surface area contributed by atoms with Crippen molar-refractivity contribution in [1.29, 1.82) is 0 Å². The second-order valence-electron chi connectivity index (χ2n) is 9.84. The largest absolute Gasteiger partial charge is 0.496 e. The Hall–Kier alpha value is -3.16. The molecule has 0 saturated carbocycles. The fourth-order valence-corrected chi connectivity index (χ4v) is 5.37. The van der Waals surface area contributed by atoms with E-state index in [4.69, 9.17) is 19.0 Å². The Morgan fingerprint density at radius 1 is 1.03 bits per heavy atom. The lowest BCUT2D eigenvalue weighted by molar-refractivity contribution is 0.0170. The van der Waals surface area contributed by atoms with Crippen LogP contribution in [0.15, 0.2) is 40.9 Å². The van der Waals surface area contributed by atoms with Crippen molar-refractivity contribution >= 4 is 11.0 Å². The molecule has 1 aliphatic rings. The minimum Gasteiger partial charge on any atom is -0.496 e. The van der Waals surface area contributed by atoms with Gasteiger partial charge in [-0.3, -0.25) is 4.90 Å². The summed E-state index contributed by atoms with van der Waals surface area (Å²) in [5.41, 5.74) is 7.71. The number of rotatable bonds is 8. The summed E-state index contributed by atoms with van der Waals surface area (Å²) in [7, 11) is 1.72. The number of methoxy groups -OCH3 is 1. The molecular weight excluding hydrogens is 452 g/mol. The van der Waals surface area contributed by atoms with Crippen LogP contribution in [0.25, 0.3) is 22.2 Å². The standard InChI is InChI=1S/C29H36N4O3/c1-19-16-23(6-10-27(19)34-5)7-11-28-30-25-17-24(29-21(3)31-36-22(29)4)8-9-26(25)33(28)18-20(2)32-12-14-35-15-13-32/h6,8-10,16-17,20H,7,11-15,18H2,1-5H3/t20-/m0/s1. The van der Waals surface area contributed by atoms with E-state index in [1.807, 2.05) is 13.8 Å². The van der Waals surface area contributed by atoms with Gasteiger partial charge in [-0.05, 0) is 69.0 Å². The smallest absolute Gasteiger partial charge is 0.141 e. The molecule has 36 heavy (non-hydrogen) atoms. The minimum absolute atomic E-state index is 0.399. The van der Waals surface area contributed by atoms with Crippen LogP contribution in [0.1, 0.15) is 35.3 Å². The zero-order chi connectivity index (χ0) is 25.2. The van der Waals surface area contributed by atoms with E-state index in [9.17, 15) is 0 Å². The van der Waals surface area contributed by atoms with Crippen LogP contribution in [0.5, 0.6) is 5.75 Å². The summed E-state index contributed by atoms with van der Waals surface area (Å²) < 4.78 is 18.9. The van der Waals surface area contributed by atoms with Gasteiger partial charge in [0.25, 0.3) is 0 Å². The molecule has 0 spiro atoms. The van der Waals surface area contributed by atoms with Gasteiger partial charge >= 0.3 is 0 Å². The van der Waals surface area contributed by atoms with E-state index in [0.29, 0.717) is 6.04 Å². The first kappa shape index (κ1) is 24.5. The minimum atomic E-state index is 0.399. The summed E-state index contributed by atoms with van der Waals surface area (Å²) in [5.74, 6) is 2.88. The molecular formula is C29H36N4O3. The van der Waals surface area contributed by atoms with Gasteiger partial charge in [0.1, 0.15) is 17.3 Å². The number of morpholine rings is 1. The van der Waals surface area contributed by atoms with E-state index in [-0.39, 0.29) is 0 Å². The van der Waals surface area contributed by atoms with Crippen molar-refractivity contribution < 1.29 is 14.0 Å². The molecule has 0 unspecified atom stereocenters. The third kappa shape index (κ3) is 4.90. The van der Waals surface area contributed by atoms with Crippen LogP contribution < -0.4 is 4.74 Å². The summed E-state index contributed by atoms with van der Waals surface area (Å²) in [5, 5.41) is 4.14. The first-order valence-electron chi connectivity index (χ1n) is 12.8. The summed E-state index contributed by atoms with van der Waals surface area (Å²) in [4.78, 5) is 7.67.